The van der Waals surface area contributed by atoms with Crippen LogP contribution >= 0.6 is 0 Å². The summed E-state index contributed by atoms with van der Waals surface area (Å²) >= 11 is 0. The first-order valence-corrected chi connectivity index (χ1v) is 12.5. The highest BCUT2D eigenvalue weighted by atomic mass is 16.7. The van der Waals surface area contributed by atoms with Crippen LogP contribution in [0.25, 0.3) is 0 Å². The van der Waals surface area contributed by atoms with Crippen molar-refractivity contribution in [2.45, 2.75) is 62.4 Å². The first-order valence-electron chi connectivity index (χ1n) is 12.5. The predicted octanol–water partition coefficient (Wildman–Crippen LogP) is 0.172. The molecule has 2 aromatic rings. The Morgan fingerprint density at radius 2 is 1.72 bits per heavy atom. The standard InChI is InChI=1S/C27H29NO11/c1-9-23(32)11(28)6-16(38-9)39-15-7-12(30)18(13(31)8-29)20-19(15)26(35)22-21(27(20)36)24(33)10-4-3-5-14(37-2)17(10)25(22)34/h3-5,9,11-12,15-16,18,23,29-30,32,35-36H,6-8,28H2,1-2H3/t9-,11-,12+,15-,16-,18+,23+/m0/s1. The third kappa shape index (κ3) is 4.11. The van der Waals surface area contributed by atoms with Crippen molar-refractivity contribution in [2.24, 2.45) is 5.73 Å². The van der Waals surface area contributed by atoms with Crippen LogP contribution in [0, 0.1) is 0 Å². The molecular weight excluding hydrogens is 514 g/mol. The lowest BCUT2D eigenvalue weighted by Gasteiger charge is -2.41. The highest BCUT2D eigenvalue weighted by Crippen LogP contribution is 2.54. The van der Waals surface area contributed by atoms with Crippen molar-refractivity contribution >= 4 is 17.3 Å². The summed E-state index contributed by atoms with van der Waals surface area (Å²) in [4.78, 5) is 40.0. The maximum absolute atomic E-state index is 13.7. The smallest absolute Gasteiger partial charge is 0.202 e. The zero-order valence-electron chi connectivity index (χ0n) is 21.2. The highest BCUT2D eigenvalue weighted by molar-refractivity contribution is 6.31. The molecule has 1 fully saturated rings. The van der Waals surface area contributed by atoms with Crippen LogP contribution in [0.3, 0.4) is 0 Å². The second kappa shape index (κ2) is 9.97. The largest absolute Gasteiger partial charge is 0.507 e. The molecule has 0 amide bonds. The number of benzene rings is 2. The molecule has 0 saturated carbocycles. The van der Waals surface area contributed by atoms with Gasteiger partial charge in [-0.05, 0) is 13.0 Å². The van der Waals surface area contributed by atoms with Gasteiger partial charge in [0.05, 0.1) is 54.1 Å². The van der Waals surface area contributed by atoms with Gasteiger partial charge in [0.25, 0.3) is 0 Å². The molecule has 5 rings (SSSR count). The Morgan fingerprint density at radius 1 is 1.05 bits per heavy atom. The first kappa shape index (κ1) is 27.2. The molecule has 39 heavy (non-hydrogen) atoms. The number of phenols is 2. The van der Waals surface area contributed by atoms with Gasteiger partial charge in [-0.25, -0.2) is 0 Å². The molecule has 0 bridgehead atoms. The van der Waals surface area contributed by atoms with Gasteiger partial charge in [0.1, 0.15) is 23.9 Å². The molecule has 1 saturated heterocycles. The summed E-state index contributed by atoms with van der Waals surface area (Å²) < 4.78 is 17.0. The number of phenolic OH excluding ortho intramolecular Hbond substituents is 2. The number of carbonyl (C=O) groups is 3. The molecule has 3 aliphatic rings. The molecule has 2 aromatic carbocycles. The van der Waals surface area contributed by atoms with Crippen LogP contribution in [-0.4, -0.2) is 87.2 Å². The van der Waals surface area contributed by atoms with Crippen LogP contribution in [0.2, 0.25) is 0 Å². The van der Waals surface area contributed by atoms with E-state index in [0.717, 1.165) is 0 Å². The molecule has 12 nitrogen and oxygen atoms in total. The van der Waals surface area contributed by atoms with Crippen molar-refractivity contribution in [3.63, 3.8) is 0 Å². The summed E-state index contributed by atoms with van der Waals surface area (Å²) in [6.07, 6.45) is -5.63. The van der Waals surface area contributed by atoms with Crippen LogP contribution in [0.5, 0.6) is 17.2 Å². The monoisotopic (exact) mass is 543 g/mol. The summed E-state index contributed by atoms with van der Waals surface area (Å²) in [6.45, 7) is 0.599. The van der Waals surface area contributed by atoms with Crippen molar-refractivity contribution in [3.8, 4) is 17.2 Å². The Kier molecular flexibility index (Phi) is 6.95. The van der Waals surface area contributed by atoms with E-state index >= 15 is 0 Å². The predicted molar refractivity (Wildman–Crippen MR) is 132 cm³/mol. The number of fused-ring (bicyclic) bond motifs is 3. The van der Waals surface area contributed by atoms with Gasteiger partial charge in [-0.2, -0.15) is 0 Å². The molecule has 1 aliphatic heterocycles. The van der Waals surface area contributed by atoms with E-state index < -0.39 is 89.2 Å². The molecule has 1 heterocycles. The molecule has 0 unspecified atom stereocenters. The van der Waals surface area contributed by atoms with Gasteiger partial charge in [-0.1, -0.05) is 12.1 Å². The Bertz CT molecular complexity index is 1360. The lowest BCUT2D eigenvalue weighted by Crippen LogP contribution is -2.52. The number of Topliss-reactive ketones (excluding diaryl/α,β-unsaturated/α-hetero) is 1. The van der Waals surface area contributed by atoms with E-state index in [9.17, 15) is 39.9 Å². The first-order chi connectivity index (χ1) is 18.5. The minimum Gasteiger partial charge on any atom is -0.507 e. The van der Waals surface area contributed by atoms with Crippen molar-refractivity contribution in [1.29, 1.82) is 0 Å². The minimum atomic E-state index is -1.52. The number of nitrogens with two attached hydrogens (primary N) is 1. The number of hydrogen-bond acceptors (Lipinski definition) is 12. The maximum atomic E-state index is 13.7. The van der Waals surface area contributed by atoms with Gasteiger partial charge in [0.15, 0.2) is 17.9 Å². The third-order valence-electron chi connectivity index (χ3n) is 7.74. The third-order valence-corrected chi connectivity index (χ3v) is 7.74. The Balaban J connectivity index is 1.71. The lowest BCUT2D eigenvalue weighted by atomic mass is 9.71. The van der Waals surface area contributed by atoms with Gasteiger partial charge < -0.3 is 45.5 Å². The van der Waals surface area contributed by atoms with Gasteiger partial charge in [-0.15, -0.1) is 0 Å². The summed E-state index contributed by atoms with van der Waals surface area (Å²) in [5, 5.41) is 53.6. The Hall–Kier alpha value is -3.39. The fourth-order valence-corrected chi connectivity index (χ4v) is 5.85. The number of hydrogen-bond donors (Lipinski definition) is 6. The second-order valence-electron chi connectivity index (χ2n) is 10.0. The Labute approximate surface area is 222 Å². The molecule has 12 heteroatoms. The van der Waals surface area contributed by atoms with E-state index in [1.807, 2.05) is 0 Å². The number of carbonyl (C=O) groups excluding carboxylic acids is 3. The molecule has 0 aromatic heterocycles. The van der Waals surface area contributed by atoms with Crippen molar-refractivity contribution < 1.29 is 54.1 Å². The van der Waals surface area contributed by atoms with Crippen LogP contribution in [0.1, 0.15) is 74.8 Å². The quantitative estimate of drug-likeness (QED) is 0.238. The number of rotatable bonds is 5. The molecule has 0 spiro atoms. The second-order valence-corrected chi connectivity index (χ2v) is 10.0. The fraction of sp³-hybridized carbons (Fsp3) is 0.444. The van der Waals surface area contributed by atoms with Crippen LogP contribution in [0.4, 0.5) is 0 Å². The minimum absolute atomic E-state index is 0.0477. The zero-order chi connectivity index (χ0) is 28.3. The molecule has 208 valence electrons. The van der Waals surface area contributed by atoms with E-state index in [0.29, 0.717) is 0 Å². The van der Waals surface area contributed by atoms with Gasteiger partial charge >= 0.3 is 0 Å². The number of ketones is 3. The summed E-state index contributed by atoms with van der Waals surface area (Å²) in [5.41, 5.74) is 4.27. The number of aliphatic hydroxyl groups is 3. The Morgan fingerprint density at radius 3 is 2.36 bits per heavy atom. The van der Waals surface area contributed by atoms with E-state index in [-0.39, 0.29) is 40.8 Å². The van der Waals surface area contributed by atoms with Gasteiger partial charge in [0.2, 0.25) is 5.78 Å². The number of methoxy groups -OCH3 is 1. The molecule has 7 atom stereocenters. The van der Waals surface area contributed by atoms with E-state index in [1.54, 1.807) is 6.92 Å². The zero-order valence-corrected chi connectivity index (χ0v) is 21.2. The summed E-state index contributed by atoms with van der Waals surface area (Å²) in [7, 11) is 1.32. The molecule has 7 N–H and O–H groups in total. The highest BCUT2D eigenvalue weighted by Gasteiger charge is 2.48. The average molecular weight is 544 g/mol. The van der Waals surface area contributed by atoms with Crippen molar-refractivity contribution in [1.82, 2.24) is 0 Å². The summed E-state index contributed by atoms with van der Waals surface area (Å²) in [5.74, 6) is -5.40. The SMILES string of the molecule is COc1cccc2c1C(=O)c1c(O)c3c(c(O)c1C2=O)[C@@H](C(=O)CO)[C@H](O)C[C@@H]3O[C@H]1C[C@H](N)[C@H](O)[C@H](C)O1. The number of ether oxygens (including phenoxy) is 3. The average Bonchev–Trinajstić information content (AvgIpc) is 2.91. The molecule has 0 radical (unpaired) electrons. The van der Waals surface area contributed by atoms with E-state index in [1.165, 1.54) is 25.3 Å². The van der Waals surface area contributed by atoms with Gasteiger partial charge in [-0.3, -0.25) is 14.4 Å². The summed E-state index contributed by atoms with van der Waals surface area (Å²) in [6, 6.07) is 3.63. The molecule has 2 aliphatic carbocycles. The van der Waals surface area contributed by atoms with Crippen LogP contribution in [-0.2, 0) is 14.3 Å². The topological polar surface area (TPSA) is 206 Å². The normalized spacial score (nSPS) is 29.8. The number of aliphatic hydroxyl groups excluding tert-OH is 3. The molecular formula is C27H29NO11. The van der Waals surface area contributed by atoms with E-state index in [2.05, 4.69) is 0 Å². The van der Waals surface area contributed by atoms with E-state index in [4.69, 9.17) is 19.9 Å². The van der Waals surface area contributed by atoms with Crippen LogP contribution in [0.15, 0.2) is 18.2 Å². The lowest BCUT2D eigenvalue weighted by molar-refractivity contribution is -0.244. The maximum Gasteiger partial charge on any atom is 0.202 e. The van der Waals surface area contributed by atoms with Crippen molar-refractivity contribution in [2.75, 3.05) is 13.7 Å². The van der Waals surface area contributed by atoms with Crippen molar-refractivity contribution in [3.05, 3.63) is 51.6 Å². The number of aromatic hydroxyl groups is 2. The van der Waals surface area contributed by atoms with Gasteiger partial charge in [0, 0.05) is 35.6 Å². The fourth-order valence-electron chi connectivity index (χ4n) is 5.85. The van der Waals surface area contributed by atoms with Crippen LogP contribution < -0.4 is 10.5 Å².